The lowest BCUT2D eigenvalue weighted by molar-refractivity contribution is -0.139. The summed E-state index contributed by atoms with van der Waals surface area (Å²) in [5.74, 6) is -1.50. The topological polar surface area (TPSA) is 102 Å². The number of carboxylic acids is 1. The monoisotopic (exact) mass is 240 g/mol. The third-order valence-corrected chi connectivity index (χ3v) is 2.57. The van der Waals surface area contributed by atoms with E-state index in [1.54, 1.807) is 0 Å². The van der Waals surface area contributed by atoms with Crippen LogP contribution >= 0.6 is 0 Å². The van der Waals surface area contributed by atoms with E-state index < -0.39 is 17.9 Å². The smallest absolute Gasteiger partial charge is 0.326 e. The van der Waals surface area contributed by atoms with Crippen molar-refractivity contribution in [3.05, 3.63) is 11.8 Å². The predicted octanol–water partition coefficient (Wildman–Crippen LogP) is 0.276. The van der Waals surface area contributed by atoms with Crippen LogP contribution in [0.4, 0.5) is 0 Å². The molecule has 0 aliphatic heterocycles. The molecular formula is C10H12N2O5. The Labute approximate surface area is 96.7 Å². The summed E-state index contributed by atoms with van der Waals surface area (Å²) < 4.78 is 9.47. The van der Waals surface area contributed by atoms with Crippen LogP contribution in [0.25, 0.3) is 0 Å². The molecule has 1 heterocycles. The van der Waals surface area contributed by atoms with Crippen LogP contribution in [-0.4, -0.2) is 35.3 Å². The van der Waals surface area contributed by atoms with Crippen molar-refractivity contribution in [2.75, 3.05) is 7.11 Å². The van der Waals surface area contributed by atoms with Crippen molar-refractivity contribution in [2.24, 2.45) is 5.92 Å². The van der Waals surface area contributed by atoms with Gasteiger partial charge in [-0.3, -0.25) is 4.79 Å². The second-order valence-electron chi connectivity index (χ2n) is 3.86. The number of ether oxygens (including phenoxy) is 1. The Morgan fingerprint density at radius 2 is 2.35 bits per heavy atom. The van der Waals surface area contributed by atoms with E-state index in [0.29, 0.717) is 0 Å². The normalized spacial score (nSPS) is 16.3. The van der Waals surface area contributed by atoms with Crippen LogP contribution in [0.2, 0.25) is 0 Å². The average Bonchev–Trinajstić information content (AvgIpc) is 3.01. The van der Waals surface area contributed by atoms with Gasteiger partial charge in [-0.2, -0.15) is 0 Å². The summed E-state index contributed by atoms with van der Waals surface area (Å²) >= 11 is 0. The minimum atomic E-state index is -1.03. The first-order valence-electron chi connectivity index (χ1n) is 5.16. The van der Waals surface area contributed by atoms with E-state index in [2.05, 4.69) is 10.5 Å². The molecule has 0 spiro atoms. The first-order chi connectivity index (χ1) is 8.11. The molecule has 0 aromatic carbocycles. The van der Waals surface area contributed by atoms with Gasteiger partial charge in [-0.05, 0) is 23.9 Å². The lowest BCUT2D eigenvalue weighted by atomic mass is 10.2. The maximum Gasteiger partial charge on any atom is 0.326 e. The number of hydrogen-bond donors (Lipinski definition) is 2. The number of rotatable bonds is 5. The Bertz CT molecular complexity index is 438. The van der Waals surface area contributed by atoms with Crippen molar-refractivity contribution in [3.63, 3.8) is 0 Å². The molecule has 1 aliphatic rings. The van der Waals surface area contributed by atoms with Crippen molar-refractivity contribution < 1.29 is 24.0 Å². The van der Waals surface area contributed by atoms with E-state index in [0.717, 1.165) is 12.8 Å². The Balaban J connectivity index is 2.02. The molecule has 2 rings (SSSR count). The zero-order valence-corrected chi connectivity index (χ0v) is 9.17. The van der Waals surface area contributed by atoms with E-state index in [-0.39, 0.29) is 17.6 Å². The Kier molecular flexibility index (Phi) is 2.99. The van der Waals surface area contributed by atoms with E-state index >= 15 is 0 Å². The molecule has 0 radical (unpaired) electrons. The molecule has 1 aliphatic carbocycles. The van der Waals surface area contributed by atoms with Gasteiger partial charge in [0.1, 0.15) is 6.04 Å². The number of hydrogen-bond acceptors (Lipinski definition) is 5. The molecule has 1 atom stereocenters. The van der Waals surface area contributed by atoms with Crippen LogP contribution in [0.1, 0.15) is 23.4 Å². The summed E-state index contributed by atoms with van der Waals surface area (Å²) in [7, 11) is 1.39. The van der Waals surface area contributed by atoms with Crippen molar-refractivity contribution in [3.8, 4) is 5.88 Å². The number of nitrogens with zero attached hydrogens (tertiary/aromatic N) is 1. The van der Waals surface area contributed by atoms with Gasteiger partial charge in [0.2, 0.25) is 5.76 Å². The Morgan fingerprint density at radius 3 is 2.82 bits per heavy atom. The SMILES string of the molecule is COc1cc(C(=O)NC(C(=O)O)C2CC2)on1. The number of aromatic nitrogens is 1. The number of nitrogens with one attached hydrogen (secondary N) is 1. The number of carboxylic acid groups (broad SMARTS) is 1. The van der Waals surface area contributed by atoms with Crippen LogP contribution in [-0.2, 0) is 4.79 Å². The zero-order valence-electron chi connectivity index (χ0n) is 9.17. The molecule has 0 bridgehead atoms. The lowest BCUT2D eigenvalue weighted by Crippen LogP contribution is -2.42. The van der Waals surface area contributed by atoms with Crippen LogP contribution in [0.3, 0.4) is 0 Å². The fourth-order valence-electron chi connectivity index (χ4n) is 1.49. The Hall–Kier alpha value is -2.05. The number of amides is 1. The van der Waals surface area contributed by atoms with Gasteiger partial charge in [0, 0.05) is 0 Å². The van der Waals surface area contributed by atoms with Gasteiger partial charge in [-0.1, -0.05) is 0 Å². The largest absolute Gasteiger partial charge is 0.480 e. The number of carbonyl (C=O) groups is 2. The highest BCUT2D eigenvalue weighted by Crippen LogP contribution is 2.32. The van der Waals surface area contributed by atoms with Crippen molar-refractivity contribution in [2.45, 2.75) is 18.9 Å². The summed E-state index contributed by atoms with van der Waals surface area (Å²) in [6, 6.07) is 0.444. The minimum absolute atomic E-state index is 0.0151. The fraction of sp³-hybridized carbons (Fsp3) is 0.500. The summed E-state index contributed by atoms with van der Waals surface area (Å²) in [4.78, 5) is 22.6. The quantitative estimate of drug-likeness (QED) is 0.766. The minimum Gasteiger partial charge on any atom is -0.480 e. The molecular weight excluding hydrogens is 228 g/mol. The van der Waals surface area contributed by atoms with Gasteiger partial charge in [-0.25, -0.2) is 4.79 Å². The third kappa shape index (κ3) is 2.55. The van der Waals surface area contributed by atoms with E-state index in [9.17, 15) is 9.59 Å². The maximum absolute atomic E-state index is 11.7. The molecule has 1 amide bonds. The molecule has 7 heteroatoms. The molecule has 1 aromatic rings. The lowest BCUT2D eigenvalue weighted by Gasteiger charge is -2.11. The number of carbonyl (C=O) groups excluding carboxylic acids is 1. The van der Waals surface area contributed by atoms with Crippen LogP contribution in [0.15, 0.2) is 10.6 Å². The van der Waals surface area contributed by atoms with Crippen LogP contribution < -0.4 is 10.1 Å². The van der Waals surface area contributed by atoms with Crippen molar-refractivity contribution in [1.82, 2.24) is 10.5 Å². The number of methoxy groups -OCH3 is 1. The highest BCUT2D eigenvalue weighted by atomic mass is 16.5. The van der Waals surface area contributed by atoms with Gasteiger partial charge >= 0.3 is 5.97 Å². The maximum atomic E-state index is 11.7. The molecule has 1 saturated carbocycles. The number of aliphatic carboxylic acids is 1. The molecule has 17 heavy (non-hydrogen) atoms. The molecule has 7 nitrogen and oxygen atoms in total. The van der Waals surface area contributed by atoms with Gasteiger partial charge in [0.25, 0.3) is 11.8 Å². The predicted molar refractivity (Wildman–Crippen MR) is 54.7 cm³/mol. The molecule has 2 N–H and O–H groups in total. The highest BCUT2D eigenvalue weighted by Gasteiger charge is 2.37. The highest BCUT2D eigenvalue weighted by molar-refractivity contribution is 5.94. The molecule has 92 valence electrons. The zero-order chi connectivity index (χ0) is 12.4. The van der Waals surface area contributed by atoms with E-state index in [1.165, 1.54) is 13.2 Å². The molecule has 1 aromatic heterocycles. The van der Waals surface area contributed by atoms with Crippen molar-refractivity contribution >= 4 is 11.9 Å². The van der Waals surface area contributed by atoms with Crippen LogP contribution in [0, 0.1) is 5.92 Å². The summed E-state index contributed by atoms with van der Waals surface area (Å²) in [5, 5.41) is 14.8. The van der Waals surface area contributed by atoms with Gasteiger partial charge in [0.15, 0.2) is 0 Å². The second kappa shape index (κ2) is 4.44. The van der Waals surface area contributed by atoms with Gasteiger partial charge in [-0.15, -0.1) is 0 Å². The fourth-order valence-corrected chi connectivity index (χ4v) is 1.49. The summed E-state index contributed by atoms with van der Waals surface area (Å²) in [6.07, 6.45) is 1.63. The Morgan fingerprint density at radius 1 is 1.65 bits per heavy atom. The molecule has 1 fully saturated rings. The van der Waals surface area contributed by atoms with Crippen molar-refractivity contribution in [1.29, 1.82) is 0 Å². The average molecular weight is 240 g/mol. The second-order valence-corrected chi connectivity index (χ2v) is 3.86. The van der Waals surface area contributed by atoms with E-state index in [1.807, 2.05) is 0 Å². The third-order valence-electron chi connectivity index (χ3n) is 2.57. The summed E-state index contributed by atoms with van der Waals surface area (Å²) in [5.41, 5.74) is 0. The van der Waals surface area contributed by atoms with Gasteiger partial charge < -0.3 is 19.7 Å². The first kappa shape index (κ1) is 11.4. The molecule has 1 unspecified atom stereocenters. The van der Waals surface area contributed by atoms with Crippen LogP contribution in [0.5, 0.6) is 5.88 Å². The molecule has 0 saturated heterocycles. The van der Waals surface area contributed by atoms with E-state index in [4.69, 9.17) is 14.4 Å². The first-order valence-corrected chi connectivity index (χ1v) is 5.16. The standard InChI is InChI=1S/C10H12N2O5/c1-16-7-4-6(17-12-7)9(13)11-8(10(14)15)5-2-3-5/h4-5,8H,2-3H2,1H3,(H,11,13)(H,14,15). The summed E-state index contributed by atoms with van der Waals surface area (Å²) in [6.45, 7) is 0. The van der Waals surface area contributed by atoms with Gasteiger partial charge in [0.05, 0.1) is 13.2 Å².